The van der Waals surface area contributed by atoms with Gasteiger partial charge in [0.1, 0.15) is 11.1 Å². The zero-order valence-corrected chi connectivity index (χ0v) is 15.1. The molecular formula is C22H22N2O3. The van der Waals surface area contributed by atoms with Crippen LogP contribution in [0, 0.1) is 0 Å². The zero-order chi connectivity index (χ0) is 18.6. The maximum absolute atomic E-state index is 13.1. The Kier molecular flexibility index (Phi) is 5.01. The van der Waals surface area contributed by atoms with Crippen LogP contribution < -0.4 is 5.63 Å². The van der Waals surface area contributed by atoms with E-state index >= 15 is 0 Å². The third-order valence-electron chi connectivity index (χ3n) is 5.22. The lowest BCUT2D eigenvalue weighted by Crippen LogP contribution is -2.45. The van der Waals surface area contributed by atoms with E-state index < -0.39 is 5.63 Å². The van der Waals surface area contributed by atoms with Crippen LogP contribution in [0.15, 0.2) is 63.9 Å². The first kappa shape index (κ1) is 17.5. The second-order valence-corrected chi connectivity index (χ2v) is 6.99. The number of fused-ring (bicyclic) bond motifs is 1. The van der Waals surface area contributed by atoms with Crippen molar-refractivity contribution >= 4 is 16.9 Å². The summed E-state index contributed by atoms with van der Waals surface area (Å²) in [4.78, 5) is 31.7. The Morgan fingerprint density at radius 2 is 2.00 bits per heavy atom. The van der Waals surface area contributed by atoms with Crippen LogP contribution in [-0.2, 0) is 6.42 Å². The average molecular weight is 362 g/mol. The molecule has 0 aliphatic carbocycles. The number of aromatic nitrogens is 1. The fourth-order valence-corrected chi connectivity index (χ4v) is 3.79. The Bertz CT molecular complexity index is 997. The molecule has 27 heavy (non-hydrogen) atoms. The van der Waals surface area contributed by atoms with Crippen molar-refractivity contribution < 1.29 is 9.21 Å². The molecule has 3 aromatic rings. The number of hydrogen-bond acceptors (Lipinski definition) is 4. The molecule has 0 N–H and O–H groups in total. The minimum absolute atomic E-state index is 0.124. The summed E-state index contributed by atoms with van der Waals surface area (Å²) < 4.78 is 5.36. The van der Waals surface area contributed by atoms with Crippen molar-refractivity contribution in [2.24, 2.45) is 0 Å². The van der Waals surface area contributed by atoms with Crippen molar-refractivity contribution in [3.05, 3.63) is 76.4 Å². The van der Waals surface area contributed by atoms with Crippen molar-refractivity contribution in [3.63, 3.8) is 0 Å². The predicted octanol–water partition coefficient (Wildman–Crippen LogP) is 3.82. The van der Waals surface area contributed by atoms with Gasteiger partial charge in [-0.1, -0.05) is 24.3 Å². The highest BCUT2D eigenvalue weighted by molar-refractivity contribution is 5.96. The number of benzene rings is 1. The molecule has 138 valence electrons. The lowest BCUT2D eigenvalue weighted by atomic mass is 9.96. The maximum Gasteiger partial charge on any atom is 0.349 e. The van der Waals surface area contributed by atoms with E-state index in [2.05, 4.69) is 4.98 Å². The second-order valence-electron chi connectivity index (χ2n) is 6.99. The van der Waals surface area contributed by atoms with Gasteiger partial charge in [-0.15, -0.1) is 0 Å². The van der Waals surface area contributed by atoms with Gasteiger partial charge in [0.2, 0.25) is 0 Å². The third kappa shape index (κ3) is 3.77. The molecule has 2 aromatic heterocycles. The van der Waals surface area contributed by atoms with Crippen LogP contribution in [0.3, 0.4) is 0 Å². The largest absolute Gasteiger partial charge is 0.422 e. The zero-order valence-electron chi connectivity index (χ0n) is 15.1. The molecule has 1 aliphatic heterocycles. The van der Waals surface area contributed by atoms with E-state index in [0.29, 0.717) is 12.1 Å². The van der Waals surface area contributed by atoms with Crippen molar-refractivity contribution in [2.75, 3.05) is 6.54 Å². The number of piperidine rings is 1. The molecule has 1 unspecified atom stereocenters. The van der Waals surface area contributed by atoms with E-state index in [-0.39, 0.29) is 17.5 Å². The summed E-state index contributed by atoms with van der Waals surface area (Å²) in [5.74, 6) is -0.222. The van der Waals surface area contributed by atoms with Gasteiger partial charge in [0.05, 0.1) is 0 Å². The summed E-state index contributed by atoms with van der Waals surface area (Å²) in [5, 5.41) is 0.766. The van der Waals surface area contributed by atoms with E-state index in [4.69, 9.17) is 4.42 Å². The number of likely N-dealkylation sites (tertiary alicyclic amines) is 1. The Morgan fingerprint density at radius 3 is 2.85 bits per heavy atom. The summed E-state index contributed by atoms with van der Waals surface area (Å²) in [6.07, 6.45) is 6.48. The van der Waals surface area contributed by atoms with Crippen molar-refractivity contribution in [2.45, 2.75) is 38.1 Å². The quantitative estimate of drug-likeness (QED) is 0.662. The molecule has 1 atom stereocenters. The Hall–Kier alpha value is -2.95. The minimum Gasteiger partial charge on any atom is -0.422 e. The van der Waals surface area contributed by atoms with Crippen molar-refractivity contribution in [1.29, 1.82) is 0 Å². The fraction of sp³-hybridized carbons (Fsp3) is 0.318. The standard InChI is InChI=1S/C22H22N2O3/c25-21(19-15-16-7-1-2-10-20(16)27-22(19)26)24-14-6-4-9-18(24)12-11-17-8-3-5-13-23-17/h1-3,5,7-8,10,13,15,18H,4,6,9,11-12,14H2. The highest BCUT2D eigenvalue weighted by Gasteiger charge is 2.29. The minimum atomic E-state index is -0.562. The van der Waals surface area contributed by atoms with Crippen LogP contribution >= 0.6 is 0 Å². The van der Waals surface area contributed by atoms with Crippen LogP contribution in [0.5, 0.6) is 0 Å². The van der Waals surface area contributed by atoms with Crippen LogP contribution in [0.25, 0.3) is 11.0 Å². The monoisotopic (exact) mass is 362 g/mol. The van der Waals surface area contributed by atoms with Crippen LogP contribution in [0.2, 0.25) is 0 Å². The molecule has 4 rings (SSSR count). The first-order chi connectivity index (χ1) is 13.2. The van der Waals surface area contributed by atoms with Crippen LogP contribution in [0.1, 0.15) is 41.7 Å². The molecule has 1 aromatic carbocycles. The predicted molar refractivity (Wildman–Crippen MR) is 104 cm³/mol. The number of rotatable bonds is 4. The van der Waals surface area contributed by atoms with Gasteiger partial charge >= 0.3 is 5.63 Å². The first-order valence-corrected chi connectivity index (χ1v) is 9.46. The van der Waals surface area contributed by atoms with Gasteiger partial charge in [0.15, 0.2) is 0 Å². The van der Waals surface area contributed by atoms with Gasteiger partial charge in [-0.2, -0.15) is 0 Å². The number of pyridine rings is 1. The normalized spacial score (nSPS) is 17.2. The molecule has 1 fully saturated rings. The van der Waals surface area contributed by atoms with E-state index in [9.17, 15) is 9.59 Å². The molecule has 5 heteroatoms. The molecule has 0 spiro atoms. The molecule has 0 radical (unpaired) electrons. The molecule has 0 saturated carbocycles. The Labute approximate surface area is 157 Å². The topological polar surface area (TPSA) is 63.4 Å². The van der Waals surface area contributed by atoms with E-state index in [0.717, 1.165) is 43.2 Å². The maximum atomic E-state index is 13.1. The number of amides is 1. The SMILES string of the molecule is O=C(c1cc2ccccc2oc1=O)N1CCCCC1CCc1ccccn1. The number of hydrogen-bond donors (Lipinski definition) is 0. The molecule has 1 saturated heterocycles. The fourth-order valence-electron chi connectivity index (χ4n) is 3.79. The third-order valence-corrected chi connectivity index (χ3v) is 5.22. The molecule has 3 heterocycles. The van der Waals surface area contributed by atoms with Crippen LogP contribution in [0.4, 0.5) is 0 Å². The number of aryl methyl sites for hydroxylation is 1. The van der Waals surface area contributed by atoms with Crippen molar-refractivity contribution in [1.82, 2.24) is 9.88 Å². The number of para-hydroxylation sites is 1. The molecule has 1 aliphatic rings. The number of carbonyl (C=O) groups is 1. The summed E-state index contributed by atoms with van der Waals surface area (Å²) in [5.41, 5.74) is 1.09. The highest BCUT2D eigenvalue weighted by Crippen LogP contribution is 2.23. The van der Waals surface area contributed by atoms with Gasteiger partial charge in [-0.05, 0) is 56.4 Å². The van der Waals surface area contributed by atoms with Gasteiger partial charge in [0, 0.05) is 29.9 Å². The van der Waals surface area contributed by atoms with Crippen LogP contribution in [-0.4, -0.2) is 28.4 Å². The lowest BCUT2D eigenvalue weighted by Gasteiger charge is -2.35. The van der Waals surface area contributed by atoms with E-state index in [1.54, 1.807) is 18.3 Å². The van der Waals surface area contributed by atoms with Gasteiger partial charge in [-0.3, -0.25) is 9.78 Å². The number of nitrogens with zero attached hydrogens (tertiary/aromatic N) is 2. The van der Waals surface area contributed by atoms with E-state index in [1.807, 2.05) is 41.3 Å². The van der Waals surface area contributed by atoms with E-state index in [1.165, 1.54) is 0 Å². The van der Waals surface area contributed by atoms with Gasteiger partial charge in [-0.25, -0.2) is 4.79 Å². The Morgan fingerprint density at radius 1 is 1.15 bits per heavy atom. The summed E-state index contributed by atoms with van der Waals surface area (Å²) in [6.45, 7) is 0.679. The smallest absolute Gasteiger partial charge is 0.349 e. The molecule has 0 bridgehead atoms. The highest BCUT2D eigenvalue weighted by atomic mass is 16.4. The summed E-state index contributed by atoms with van der Waals surface area (Å²) in [7, 11) is 0. The first-order valence-electron chi connectivity index (χ1n) is 9.46. The van der Waals surface area contributed by atoms with Crippen molar-refractivity contribution in [3.8, 4) is 0 Å². The van der Waals surface area contributed by atoms with Gasteiger partial charge < -0.3 is 9.32 Å². The molecule has 5 nitrogen and oxygen atoms in total. The van der Waals surface area contributed by atoms with Gasteiger partial charge in [0.25, 0.3) is 5.91 Å². The molecule has 1 amide bonds. The molecular weight excluding hydrogens is 340 g/mol. The Balaban J connectivity index is 1.57. The second kappa shape index (κ2) is 7.74. The number of carbonyl (C=O) groups excluding carboxylic acids is 1. The lowest BCUT2D eigenvalue weighted by molar-refractivity contribution is 0.0597. The average Bonchev–Trinajstić information content (AvgIpc) is 2.72. The summed E-state index contributed by atoms with van der Waals surface area (Å²) >= 11 is 0. The summed E-state index contributed by atoms with van der Waals surface area (Å²) in [6, 6.07) is 14.9.